The van der Waals surface area contributed by atoms with Crippen molar-refractivity contribution in [2.75, 3.05) is 19.5 Å². The zero-order chi connectivity index (χ0) is 19.2. The van der Waals surface area contributed by atoms with Crippen molar-refractivity contribution in [3.8, 4) is 11.5 Å². The van der Waals surface area contributed by atoms with E-state index in [4.69, 9.17) is 9.47 Å². The summed E-state index contributed by atoms with van der Waals surface area (Å²) in [5.74, 6) is 1.09. The molecule has 9 nitrogen and oxygen atoms in total. The van der Waals surface area contributed by atoms with Gasteiger partial charge in [0.05, 0.1) is 30.3 Å². The monoisotopic (exact) mass is 424 g/mol. The summed E-state index contributed by atoms with van der Waals surface area (Å²) in [6, 6.07) is 2.12. The molecule has 0 saturated heterocycles. The first-order chi connectivity index (χ1) is 12.3. The van der Waals surface area contributed by atoms with Gasteiger partial charge in [0.15, 0.2) is 11.5 Å². The summed E-state index contributed by atoms with van der Waals surface area (Å²) in [5.41, 5.74) is -0.163. The van der Waals surface area contributed by atoms with Gasteiger partial charge in [0.2, 0.25) is 0 Å². The van der Waals surface area contributed by atoms with E-state index in [9.17, 15) is 14.4 Å². The van der Waals surface area contributed by atoms with Gasteiger partial charge in [-0.2, -0.15) is 0 Å². The molecule has 0 fully saturated rings. The van der Waals surface area contributed by atoms with Crippen molar-refractivity contribution >= 4 is 27.8 Å². The zero-order valence-electron chi connectivity index (χ0n) is 14.5. The SMILES string of the molecule is COc1cc(C2NC(=O)Nc3c2c(=O)n(C)c(=O)n3C)cc(Br)c1OC. The van der Waals surface area contributed by atoms with E-state index < -0.39 is 23.3 Å². The molecule has 2 amide bonds. The third-order valence-corrected chi connectivity index (χ3v) is 4.87. The maximum absolute atomic E-state index is 12.7. The molecule has 1 aromatic heterocycles. The number of hydrogen-bond acceptors (Lipinski definition) is 5. The maximum Gasteiger partial charge on any atom is 0.332 e. The summed E-state index contributed by atoms with van der Waals surface area (Å²) in [4.78, 5) is 37.0. The Kier molecular flexibility index (Phi) is 4.53. The van der Waals surface area contributed by atoms with Gasteiger partial charge in [0.25, 0.3) is 5.56 Å². The van der Waals surface area contributed by atoms with Crippen LogP contribution in [0.3, 0.4) is 0 Å². The van der Waals surface area contributed by atoms with E-state index in [-0.39, 0.29) is 11.4 Å². The van der Waals surface area contributed by atoms with Gasteiger partial charge in [-0.1, -0.05) is 0 Å². The van der Waals surface area contributed by atoms with Crippen LogP contribution in [0.2, 0.25) is 0 Å². The van der Waals surface area contributed by atoms with E-state index in [1.54, 1.807) is 12.1 Å². The normalized spacial score (nSPS) is 15.7. The predicted octanol–water partition coefficient (Wildman–Crippen LogP) is 1.09. The van der Waals surface area contributed by atoms with Crippen LogP contribution in [0.25, 0.3) is 0 Å². The van der Waals surface area contributed by atoms with Gasteiger partial charge in [0.1, 0.15) is 5.82 Å². The summed E-state index contributed by atoms with van der Waals surface area (Å²) in [6.07, 6.45) is 0. The molecule has 0 saturated carbocycles. The Morgan fingerprint density at radius 1 is 1.08 bits per heavy atom. The number of methoxy groups -OCH3 is 2. The van der Waals surface area contributed by atoms with E-state index in [1.807, 2.05) is 0 Å². The van der Waals surface area contributed by atoms with Crippen LogP contribution in [0.5, 0.6) is 11.5 Å². The van der Waals surface area contributed by atoms with E-state index in [0.717, 1.165) is 4.57 Å². The summed E-state index contributed by atoms with van der Waals surface area (Å²) in [7, 11) is 5.89. The van der Waals surface area contributed by atoms with E-state index in [0.29, 0.717) is 21.5 Å². The van der Waals surface area contributed by atoms with Crippen molar-refractivity contribution in [2.24, 2.45) is 14.1 Å². The number of nitrogens with zero attached hydrogens (tertiary/aromatic N) is 2. The number of hydrogen-bond donors (Lipinski definition) is 2. The van der Waals surface area contributed by atoms with Crippen LogP contribution >= 0.6 is 15.9 Å². The Morgan fingerprint density at radius 3 is 2.38 bits per heavy atom. The second-order valence-corrected chi connectivity index (χ2v) is 6.59. The first-order valence-electron chi connectivity index (χ1n) is 7.59. The predicted molar refractivity (Wildman–Crippen MR) is 98.2 cm³/mol. The average molecular weight is 425 g/mol. The van der Waals surface area contributed by atoms with E-state index in [2.05, 4.69) is 26.6 Å². The van der Waals surface area contributed by atoms with Gasteiger partial charge in [-0.15, -0.1) is 0 Å². The number of aromatic nitrogens is 2. The summed E-state index contributed by atoms with van der Waals surface area (Å²) >= 11 is 3.41. The third-order valence-electron chi connectivity index (χ3n) is 4.28. The van der Waals surface area contributed by atoms with Crippen LogP contribution in [0.1, 0.15) is 17.2 Å². The number of fused-ring (bicyclic) bond motifs is 1. The highest BCUT2D eigenvalue weighted by molar-refractivity contribution is 9.10. The fraction of sp³-hybridized carbons (Fsp3) is 0.312. The Labute approximate surface area is 156 Å². The number of amides is 2. The van der Waals surface area contributed by atoms with Crippen LogP contribution in [0, 0.1) is 0 Å². The summed E-state index contributed by atoms with van der Waals surface area (Å²) in [5, 5.41) is 5.26. The van der Waals surface area contributed by atoms with Crippen molar-refractivity contribution in [3.05, 3.63) is 48.6 Å². The largest absolute Gasteiger partial charge is 0.493 e. The fourth-order valence-electron chi connectivity index (χ4n) is 2.98. The molecule has 0 spiro atoms. The minimum atomic E-state index is -0.764. The molecule has 26 heavy (non-hydrogen) atoms. The van der Waals surface area contributed by atoms with Crippen molar-refractivity contribution < 1.29 is 14.3 Å². The first kappa shape index (κ1) is 18.1. The second-order valence-electron chi connectivity index (χ2n) is 5.74. The lowest BCUT2D eigenvalue weighted by molar-refractivity contribution is 0.248. The zero-order valence-corrected chi connectivity index (χ0v) is 16.1. The molecule has 0 radical (unpaired) electrons. The number of halogens is 1. The highest BCUT2D eigenvalue weighted by Gasteiger charge is 2.32. The minimum absolute atomic E-state index is 0.165. The number of urea groups is 1. The fourth-order valence-corrected chi connectivity index (χ4v) is 3.60. The molecular formula is C16H17BrN4O5. The van der Waals surface area contributed by atoms with Gasteiger partial charge in [0, 0.05) is 14.1 Å². The smallest absolute Gasteiger partial charge is 0.332 e. The maximum atomic E-state index is 12.7. The standard InChI is InChI=1S/C16H17BrN4O5/c1-20-13-10(14(22)21(2)16(20)24)11(18-15(23)19-13)7-5-8(17)12(26-4)9(6-7)25-3/h5-6,11H,1-4H3,(H2,18,19,23). The molecule has 1 unspecified atom stereocenters. The highest BCUT2D eigenvalue weighted by atomic mass is 79.9. The molecule has 0 bridgehead atoms. The van der Waals surface area contributed by atoms with Gasteiger partial charge in [-0.25, -0.2) is 9.59 Å². The Morgan fingerprint density at radius 2 is 1.77 bits per heavy atom. The summed E-state index contributed by atoms with van der Waals surface area (Å²) < 4.78 is 13.5. The molecule has 2 heterocycles. The molecule has 3 rings (SSSR count). The number of nitrogens with one attached hydrogen (secondary N) is 2. The number of ether oxygens (including phenoxy) is 2. The van der Waals surface area contributed by atoms with Crippen LogP contribution in [-0.2, 0) is 14.1 Å². The lowest BCUT2D eigenvalue weighted by atomic mass is 9.98. The number of benzene rings is 1. The van der Waals surface area contributed by atoms with Crippen molar-refractivity contribution in [2.45, 2.75) is 6.04 Å². The average Bonchev–Trinajstić information content (AvgIpc) is 2.63. The third kappa shape index (κ3) is 2.66. The van der Waals surface area contributed by atoms with Crippen LogP contribution in [-0.4, -0.2) is 29.4 Å². The van der Waals surface area contributed by atoms with Crippen molar-refractivity contribution in [1.29, 1.82) is 0 Å². The number of rotatable bonds is 3. The van der Waals surface area contributed by atoms with Crippen LogP contribution in [0.4, 0.5) is 10.6 Å². The molecule has 10 heteroatoms. The lowest BCUT2D eigenvalue weighted by Crippen LogP contribution is -2.49. The highest BCUT2D eigenvalue weighted by Crippen LogP contribution is 2.39. The Bertz CT molecular complexity index is 1030. The van der Waals surface area contributed by atoms with Crippen LogP contribution in [0.15, 0.2) is 26.2 Å². The van der Waals surface area contributed by atoms with Crippen molar-refractivity contribution in [1.82, 2.24) is 14.5 Å². The number of anilines is 1. The molecule has 2 aromatic rings. The molecular weight excluding hydrogens is 408 g/mol. The van der Waals surface area contributed by atoms with E-state index >= 15 is 0 Å². The van der Waals surface area contributed by atoms with E-state index in [1.165, 1.54) is 32.9 Å². The molecule has 0 aliphatic carbocycles. The van der Waals surface area contributed by atoms with Crippen LogP contribution < -0.4 is 31.4 Å². The van der Waals surface area contributed by atoms with Gasteiger partial charge >= 0.3 is 11.7 Å². The molecule has 1 atom stereocenters. The van der Waals surface area contributed by atoms with Crippen molar-refractivity contribution in [3.63, 3.8) is 0 Å². The first-order valence-corrected chi connectivity index (χ1v) is 8.38. The minimum Gasteiger partial charge on any atom is -0.493 e. The van der Waals surface area contributed by atoms with Gasteiger partial charge in [-0.3, -0.25) is 19.2 Å². The number of carbonyl (C=O) groups is 1. The van der Waals surface area contributed by atoms with Gasteiger partial charge < -0.3 is 14.8 Å². The number of carbonyl (C=O) groups excluding carboxylic acids is 1. The Balaban J connectivity index is 2.30. The lowest BCUT2D eigenvalue weighted by Gasteiger charge is -2.29. The molecule has 1 aliphatic heterocycles. The summed E-state index contributed by atoms with van der Waals surface area (Å²) in [6.45, 7) is 0. The molecule has 1 aromatic carbocycles. The molecule has 2 N–H and O–H groups in total. The molecule has 138 valence electrons. The second kappa shape index (κ2) is 6.52. The topological polar surface area (TPSA) is 104 Å². The Hall–Kier alpha value is -2.75. The van der Waals surface area contributed by atoms with Gasteiger partial charge in [-0.05, 0) is 33.6 Å². The molecule has 1 aliphatic rings. The quantitative estimate of drug-likeness (QED) is 0.767.